The number of aromatic nitrogens is 3. The molecule has 1 aromatic carbocycles. The van der Waals surface area contributed by atoms with Crippen LogP contribution in [0.4, 0.5) is 0 Å². The number of rotatable bonds is 10. The Balaban J connectivity index is 2.12. The number of carbonyl (C=O) groups excluding carboxylic acids is 2. The molecule has 0 unspecified atom stereocenters. The van der Waals surface area contributed by atoms with E-state index in [0.29, 0.717) is 29.8 Å². The summed E-state index contributed by atoms with van der Waals surface area (Å²) in [6.07, 6.45) is 1.74. The summed E-state index contributed by atoms with van der Waals surface area (Å²) in [5.41, 5.74) is 0.806. The molecule has 150 valence electrons. The van der Waals surface area contributed by atoms with Crippen molar-refractivity contribution in [1.82, 2.24) is 25.4 Å². The molecular formula is C19H25N5O3S. The Kier molecular flexibility index (Phi) is 8.06. The number of benzene rings is 1. The predicted octanol–water partition coefficient (Wildman–Crippen LogP) is 1.87. The van der Waals surface area contributed by atoms with Crippen LogP contribution in [0.3, 0.4) is 0 Å². The van der Waals surface area contributed by atoms with Gasteiger partial charge < -0.3 is 15.4 Å². The fourth-order valence-corrected chi connectivity index (χ4v) is 3.28. The van der Waals surface area contributed by atoms with Crippen molar-refractivity contribution in [3.63, 3.8) is 0 Å². The van der Waals surface area contributed by atoms with E-state index in [1.54, 1.807) is 20.1 Å². The Bertz CT molecular complexity index is 837. The maximum atomic E-state index is 12.2. The summed E-state index contributed by atoms with van der Waals surface area (Å²) < 4.78 is 7.28. The van der Waals surface area contributed by atoms with Gasteiger partial charge >= 0.3 is 0 Å². The summed E-state index contributed by atoms with van der Waals surface area (Å²) in [6, 6.07) is 6.94. The van der Waals surface area contributed by atoms with E-state index in [9.17, 15) is 9.59 Å². The van der Waals surface area contributed by atoms with Crippen LogP contribution in [0.25, 0.3) is 11.4 Å². The van der Waals surface area contributed by atoms with Crippen molar-refractivity contribution in [2.75, 3.05) is 19.4 Å². The minimum atomic E-state index is -0.594. The zero-order valence-electron chi connectivity index (χ0n) is 16.3. The molecule has 0 radical (unpaired) electrons. The Morgan fingerprint density at radius 1 is 1.36 bits per heavy atom. The van der Waals surface area contributed by atoms with Gasteiger partial charge in [0.05, 0.1) is 18.4 Å². The highest BCUT2D eigenvalue weighted by atomic mass is 32.2. The quantitative estimate of drug-likeness (QED) is 0.464. The van der Waals surface area contributed by atoms with Crippen molar-refractivity contribution in [3.05, 3.63) is 36.9 Å². The van der Waals surface area contributed by atoms with Gasteiger partial charge in [-0.1, -0.05) is 30.0 Å². The zero-order valence-corrected chi connectivity index (χ0v) is 17.1. The number of hydrogen-bond donors (Lipinski definition) is 2. The van der Waals surface area contributed by atoms with Crippen LogP contribution in [0.15, 0.2) is 42.1 Å². The fraction of sp³-hybridized carbons (Fsp3) is 0.368. The Morgan fingerprint density at radius 3 is 2.79 bits per heavy atom. The number of ether oxygens (including phenoxy) is 1. The first-order chi connectivity index (χ1) is 13.5. The Hall–Kier alpha value is -2.81. The molecule has 0 aliphatic heterocycles. The molecule has 0 saturated heterocycles. The zero-order chi connectivity index (χ0) is 20.5. The van der Waals surface area contributed by atoms with E-state index in [2.05, 4.69) is 27.4 Å². The first-order valence-corrected chi connectivity index (χ1v) is 9.87. The molecule has 0 saturated carbocycles. The normalized spacial score (nSPS) is 11.5. The molecule has 2 amide bonds. The van der Waals surface area contributed by atoms with Gasteiger partial charge in [0.2, 0.25) is 11.8 Å². The van der Waals surface area contributed by atoms with E-state index < -0.39 is 6.04 Å². The van der Waals surface area contributed by atoms with E-state index >= 15 is 0 Å². The second kappa shape index (κ2) is 10.5. The van der Waals surface area contributed by atoms with Crippen LogP contribution in [0, 0.1) is 0 Å². The van der Waals surface area contributed by atoms with E-state index in [4.69, 9.17) is 4.74 Å². The van der Waals surface area contributed by atoms with Gasteiger partial charge in [0, 0.05) is 13.1 Å². The average Bonchev–Trinajstić information content (AvgIpc) is 3.09. The molecule has 1 atom stereocenters. The van der Waals surface area contributed by atoms with Gasteiger partial charge in [-0.2, -0.15) is 0 Å². The van der Waals surface area contributed by atoms with E-state index in [-0.39, 0.29) is 17.6 Å². The summed E-state index contributed by atoms with van der Waals surface area (Å²) in [5, 5.41) is 14.4. The first kappa shape index (κ1) is 21.5. The second-order valence-electron chi connectivity index (χ2n) is 5.88. The molecule has 1 aromatic heterocycles. The van der Waals surface area contributed by atoms with Gasteiger partial charge in [-0.15, -0.1) is 16.8 Å². The molecule has 0 fully saturated rings. The number of nitrogens with zero attached hydrogens (tertiary/aromatic N) is 3. The van der Waals surface area contributed by atoms with Gasteiger partial charge in [-0.05, 0) is 26.0 Å². The van der Waals surface area contributed by atoms with Gasteiger partial charge in [-0.3, -0.25) is 14.2 Å². The van der Waals surface area contributed by atoms with Crippen molar-refractivity contribution in [2.45, 2.75) is 31.6 Å². The maximum Gasteiger partial charge on any atom is 0.242 e. The fourth-order valence-electron chi connectivity index (χ4n) is 2.52. The highest BCUT2D eigenvalue weighted by Gasteiger charge is 2.19. The highest BCUT2D eigenvalue weighted by Crippen LogP contribution is 2.30. The predicted molar refractivity (Wildman–Crippen MR) is 109 cm³/mol. The van der Waals surface area contributed by atoms with Gasteiger partial charge in [-0.25, -0.2) is 0 Å². The lowest BCUT2D eigenvalue weighted by atomic mass is 10.2. The Morgan fingerprint density at radius 2 is 2.11 bits per heavy atom. The first-order valence-electron chi connectivity index (χ1n) is 8.89. The molecule has 1 heterocycles. The summed E-state index contributed by atoms with van der Waals surface area (Å²) in [5.74, 6) is 0.969. The lowest BCUT2D eigenvalue weighted by Gasteiger charge is -2.13. The number of thioether (sulfide) groups is 1. The van der Waals surface area contributed by atoms with Crippen LogP contribution in [0.2, 0.25) is 0 Å². The summed E-state index contributed by atoms with van der Waals surface area (Å²) in [7, 11) is 1.60. The topological polar surface area (TPSA) is 98.1 Å². The number of nitrogens with one attached hydrogen (secondary N) is 2. The largest absolute Gasteiger partial charge is 0.496 e. The molecule has 0 aliphatic rings. The molecule has 2 N–H and O–H groups in total. The van der Waals surface area contributed by atoms with E-state index in [1.807, 2.05) is 35.8 Å². The van der Waals surface area contributed by atoms with Crippen molar-refractivity contribution in [2.24, 2.45) is 0 Å². The van der Waals surface area contributed by atoms with Gasteiger partial charge in [0.15, 0.2) is 11.0 Å². The molecule has 2 aromatic rings. The van der Waals surface area contributed by atoms with Crippen LogP contribution in [0.5, 0.6) is 5.75 Å². The van der Waals surface area contributed by atoms with Crippen molar-refractivity contribution < 1.29 is 14.3 Å². The second-order valence-corrected chi connectivity index (χ2v) is 6.82. The third kappa shape index (κ3) is 5.35. The van der Waals surface area contributed by atoms with Crippen LogP contribution < -0.4 is 15.4 Å². The number of carbonyl (C=O) groups is 2. The Labute approximate surface area is 168 Å². The molecule has 0 bridgehead atoms. The minimum Gasteiger partial charge on any atom is -0.496 e. The van der Waals surface area contributed by atoms with Crippen LogP contribution in [-0.2, 0) is 16.1 Å². The number of allylic oxidation sites excluding steroid dienone is 1. The number of likely N-dealkylation sites (N-methyl/N-ethyl adjacent to an activating group) is 1. The minimum absolute atomic E-state index is 0.116. The molecule has 9 heteroatoms. The smallest absolute Gasteiger partial charge is 0.242 e. The van der Waals surface area contributed by atoms with Gasteiger partial charge in [0.25, 0.3) is 0 Å². The molecule has 28 heavy (non-hydrogen) atoms. The molecule has 0 spiro atoms. The summed E-state index contributed by atoms with van der Waals surface area (Å²) in [4.78, 5) is 23.9. The lowest BCUT2D eigenvalue weighted by molar-refractivity contribution is -0.127. The molecule has 8 nitrogen and oxygen atoms in total. The maximum absolute atomic E-state index is 12.2. The molecular weight excluding hydrogens is 378 g/mol. The van der Waals surface area contributed by atoms with Crippen molar-refractivity contribution >= 4 is 23.6 Å². The number of amides is 2. The highest BCUT2D eigenvalue weighted by molar-refractivity contribution is 7.99. The van der Waals surface area contributed by atoms with Crippen molar-refractivity contribution in [1.29, 1.82) is 0 Å². The monoisotopic (exact) mass is 403 g/mol. The lowest BCUT2D eigenvalue weighted by Crippen LogP contribution is -2.45. The average molecular weight is 404 g/mol. The number of hydrogen-bond acceptors (Lipinski definition) is 6. The van der Waals surface area contributed by atoms with Crippen LogP contribution >= 0.6 is 11.8 Å². The van der Waals surface area contributed by atoms with E-state index in [0.717, 1.165) is 5.56 Å². The third-order valence-corrected chi connectivity index (χ3v) is 4.80. The van der Waals surface area contributed by atoms with Crippen LogP contribution in [-0.4, -0.2) is 52.0 Å². The number of methoxy groups -OCH3 is 1. The molecule has 2 rings (SSSR count). The number of para-hydroxylation sites is 1. The van der Waals surface area contributed by atoms with E-state index in [1.165, 1.54) is 11.8 Å². The summed E-state index contributed by atoms with van der Waals surface area (Å²) >= 11 is 1.25. The standard InChI is InChI=1S/C19H25N5O3S/c1-5-11-24-17(14-9-7-8-10-15(14)27-4)22-23-19(24)28-12-16(25)21-13(3)18(26)20-6-2/h5,7-10,13H,1,6,11-12H2,2-4H3,(H,20,26)(H,21,25)/t13-/m1/s1. The SMILES string of the molecule is C=CCn1c(SCC(=O)N[C@H](C)C(=O)NCC)nnc1-c1ccccc1OC. The van der Waals surface area contributed by atoms with Crippen LogP contribution in [0.1, 0.15) is 13.8 Å². The third-order valence-electron chi connectivity index (χ3n) is 3.83. The summed E-state index contributed by atoms with van der Waals surface area (Å²) in [6.45, 7) is 8.26. The molecule has 0 aliphatic carbocycles. The van der Waals surface area contributed by atoms with Gasteiger partial charge in [0.1, 0.15) is 11.8 Å². The van der Waals surface area contributed by atoms with Crippen molar-refractivity contribution in [3.8, 4) is 17.1 Å².